The van der Waals surface area contributed by atoms with Gasteiger partial charge in [-0.2, -0.15) is 25.3 Å². The Labute approximate surface area is 121 Å². The van der Waals surface area contributed by atoms with Gasteiger partial charge in [0.2, 0.25) is 11.8 Å². The molecule has 2 amide bonds. The third kappa shape index (κ3) is 15.6. The topological polar surface area (TPSA) is 72.2 Å². The van der Waals surface area contributed by atoms with E-state index in [0.717, 1.165) is 25.0 Å². The lowest BCUT2D eigenvalue weighted by molar-refractivity contribution is -0.121. The first-order valence-corrected chi connectivity index (χ1v) is 7.57. The molecule has 0 aromatic rings. The minimum absolute atomic E-state index is 0.116. The molecular formula is C12H26N2O2S2. The Hall–Kier alpha value is -0.360. The molecule has 1 atom stereocenters. The molecule has 0 saturated heterocycles. The van der Waals surface area contributed by atoms with Crippen molar-refractivity contribution in [2.75, 3.05) is 11.5 Å². The summed E-state index contributed by atoms with van der Waals surface area (Å²) in [6, 6.07) is 0.223. The predicted octanol–water partition coefficient (Wildman–Crippen LogP) is 1.79. The maximum Gasteiger partial charge on any atom is 0.220 e. The SMILES string of the molecule is CCC(CS)NC(=O)CCCS.CCCC(N)=O. The second-order valence-corrected chi connectivity index (χ2v) is 4.71. The van der Waals surface area contributed by atoms with E-state index in [0.29, 0.717) is 18.6 Å². The first kappa shape index (κ1) is 20.0. The highest BCUT2D eigenvalue weighted by Crippen LogP contribution is 1.96. The number of hydrogen-bond acceptors (Lipinski definition) is 4. The third-order valence-corrected chi connectivity index (χ3v) is 2.89. The molecule has 0 aliphatic rings. The van der Waals surface area contributed by atoms with Crippen LogP contribution in [0.1, 0.15) is 46.0 Å². The summed E-state index contributed by atoms with van der Waals surface area (Å²) in [6.07, 6.45) is 3.73. The molecule has 0 aromatic heterocycles. The molecule has 6 heteroatoms. The standard InChI is InChI=1S/C8H17NOS2.C4H9NO/c1-2-7(6-12)9-8(10)4-3-5-11;1-2-3-4(5)6/h7,11-12H,2-6H2,1H3,(H,9,10);2-3H2,1H3,(H2,5,6). The average Bonchev–Trinajstić information content (AvgIpc) is 2.34. The van der Waals surface area contributed by atoms with Crippen molar-refractivity contribution in [3.8, 4) is 0 Å². The van der Waals surface area contributed by atoms with Crippen LogP contribution >= 0.6 is 25.3 Å². The summed E-state index contributed by atoms with van der Waals surface area (Å²) in [7, 11) is 0. The van der Waals surface area contributed by atoms with Crippen LogP contribution in [-0.4, -0.2) is 29.4 Å². The van der Waals surface area contributed by atoms with Gasteiger partial charge in [-0.15, -0.1) is 0 Å². The molecule has 0 aliphatic heterocycles. The molecule has 1 unspecified atom stereocenters. The van der Waals surface area contributed by atoms with Gasteiger partial charge in [0.1, 0.15) is 0 Å². The lowest BCUT2D eigenvalue weighted by Crippen LogP contribution is -2.35. The largest absolute Gasteiger partial charge is 0.370 e. The predicted molar refractivity (Wildman–Crippen MR) is 83.3 cm³/mol. The number of thiol groups is 2. The van der Waals surface area contributed by atoms with E-state index in [-0.39, 0.29) is 17.9 Å². The number of carbonyl (C=O) groups excluding carboxylic acids is 2. The molecule has 0 saturated carbocycles. The van der Waals surface area contributed by atoms with Crippen LogP contribution in [0.25, 0.3) is 0 Å². The number of primary amides is 1. The van der Waals surface area contributed by atoms with Crippen LogP contribution < -0.4 is 11.1 Å². The van der Waals surface area contributed by atoms with Gasteiger partial charge in [-0.3, -0.25) is 9.59 Å². The van der Waals surface area contributed by atoms with Crippen LogP contribution in [0.4, 0.5) is 0 Å². The van der Waals surface area contributed by atoms with Gasteiger partial charge >= 0.3 is 0 Å². The van der Waals surface area contributed by atoms with Crippen LogP contribution in [0.3, 0.4) is 0 Å². The van der Waals surface area contributed by atoms with E-state index >= 15 is 0 Å². The Kier molecular flexibility index (Phi) is 16.3. The molecule has 4 nitrogen and oxygen atoms in total. The summed E-state index contributed by atoms with van der Waals surface area (Å²) in [5, 5.41) is 2.90. The lowest BCUT2D eigenvalue weighted by Gasteiger charge is -2.13. The van der Waals surface area contributed by atoms with Crippen LogP contribution in [0, 0.1) is 0 Å². The Bertz CT molecular complexity index is 222. The maximum atomic E-state index is 11.2. The highest BCUT2D eigenvalue weighted by molar-refractivity contribution is 7.80. The maximum absolute atomic E-state index is 11.2. The second kappa shape index (κ2) is 14.7. The number of hydrogen-bond donors (Lipinski definition) is 4. The van der Waals surface area contributed by atoms with E-state index in [2.05, 4.69) is 30.6 Å². The van der Waals surface area contributed by atoms with Crippen molar-refractivity contribution in [1.29, 1.82) is 0 Å². The molecular weight excluding hydrogens is 268 g/mol. The molecule has 0 bridgehead atoms. The number of nitrogens with one attached hydrogen (secondary N) is 1. The normalized spacial score (nSPS) is 11.1. The molecule has 108 valence electrons. The zero-order chi connectivity index (χ0) is 14.4. The average molecular weight is 294 g/mol. The Morgan fingerprint density at radius 3 is 2.11 bits per heavy atom. The van der Waals surface area contributed by atoms with E-state index < -0.39 is 0 Å². The fraction of sp³-hybridized carbons (Fsp3) is 0.833. The van der Waals surface area contributed by atoms with Crippen molar-refractivity contribution >= 4 is 37.1 Å². The van der Waals surface area contributed by atoms with E-state index in [1.54, 1.807) is 0 Å². The quantitative estimate of drug-likeness (QED) is 0.515. The van der Waals surface area contributed by atoms with E-state index in [1.165, 1.54) is 0 Å². The smallest absolute Gasteiger partial charge is 0.220 e. The van der Waals surface area contributed by atoms with Gasteiger partial charge in [0.25, 0.3) is 0 Å². The van der Waals surface area contributed by atoms with Crippen LogP contribution in [0.5, 0.6) is 0 Å². The van der Waals surface area contributed by atoms with Crippen LogP contribution in [-0.2, 0) is 9.59 Å². The molecule has 0 aromatic carbocycles. The number of nitrogens with two attached hydrogens (primary N) is 1. The van der Waals surface area contributed by atoms with Gasteiger partial charge in [0.15, 0.2) is 0 Å². The van der Waals surface area contributed by atoms with Gasteiger partial charge in [-0.05, 0) is 25.0 Å². The number of carbonyl (C=O) groups is 2. The summed E-state index contributed by atoms with van der Waals surface area (Å²) in [5.74, 6) is 1.39. The van der Waals surface area contributed by atoms with Crippen molar-refractivity contribution in [2.24, 2.45) is 5.73 Å². The summed E-state index contributed by atoms with van der Waals surface area (Å²) >= 11 is 8.17. The number of amides is 2. The molecule has 0 heterocycles. The Morgan fingerprint density at radius 1 is 1.22 bits per heavy atom. The first-order valence-electron chi connectivity index (χ1n) is 6.31. The van der Waals surface area contributed by atoms with E-state index in [9.17, 15) is 9.59 Å². The van der Waals surface area contributed by atoms with Crippen molar-refractivity contribution in [1.82, 2.24) is 5.32 Å². The van der Waals surface area contributed by atoms with Crippen molar-refractivity contribution in [3.05, 3.63) is 0 Å². The van der Waals surface area contributed by atoms with Crippen molar-refractivity contribution in [3.63, 3.8) is 0 Å². The first-order chi connectivity index (χ1) is 8.51. The summed E-state index contributed by atoms with van der Waals surface area (Å²) in [6.45, 7) is 3.96. The molecule has 0 fully saturated rings. The van der Waals surface area contributed by atoms with Crippen LogP contribution in [0.2, 0.25) is 0 Å². The van der Waals surface area contributed by atoms with Gasteiger partial charge < -0.3 is 11.1 Å². The molecule has 0 rings (SSSR count). The summed E-state index contributed by atoms with van der Waals surface area (Å²) in [4.78, 5) is 21.0. The molecule has 18 heavy (non-hydrogen) atoms. The minimum atomic E-state index is -0.211. The summed E-state index contributed by atoms with van der Waals surface area (Å²) in [5.41, 5.74) is 4.76. The number of rotatable bonds is 8. The zero-order valence-corrected chi connectivity index (χ0v) is 13.1. The fourth-order valence-corrected chi connectivity index (χ4v) is 1.57. The highest BCUT2D eigenvalue weighted by Gasteiger charge is 2.07. The van der Waals surface area contributed by atoms with Crippen molar-refractivity contribution < 1.29 is 9.59 Å². The molecule has 0 aliphatic carbocycles. The van der Waals surface area contributed by atoms with E-state index in [4.69, 9.17) is 5.73 Å². The molecule has 0 spiro atoms. The second-order valence-electron chi connectivity index (χ2n) is 3.90. The monoisotopic (exact) mass is 294 g/mol. The third-order valence-electron chi connectivity index (χ3n) is 2.14. The Morgan fingerprint density at radius 2 is 1.83 bits per heavy atom. The van der Waals surface area contributed by atoms with Gasteiger partial charge in [-0.1, -0.05) is 13.8 Å². The van der Waals surface area contributed by atoms with Gasteiger partial charge in [0.05, 0.1) is 0 Å². The van der Waals surface area contributed by atoms with Gasteiger partial charge in [-0.25, -0.2) is 0 Å². The minimum Gasteiger partial charge on any atom is -0.370 e. The van der Waals surface area contributed by atoms with E-state index in [1.807, 2.05) is 13.8 Å². The lowest BCUT2D eigenvalue weighted by atomic mass is 10.2. The summed E-state index contributed by atoms with van der Waals surface area (Å²) < 4.78 is 0. The highest BCUT2D eigenvalue weighted by atomic mass is 32.1. The fourth-order valence-electron chi connectivity index (χ4n) is 1.06. The zero-order valence-electron chi connectivity index (χ0n) is 11.3. The van der Waals surface area contributed by atoms with Gasteiger partial charge in [0, 0.05) is 24.6 Å². The van der Waals surface area contributed by atoms with Crippen molar-refractivity contribution in [2.45, 2.75) is 52.0 Å². The molecule has 3 N–H and O–H groups in total. The molecule has 0 radical (unpaired) electrons. The Balaban J connectivity index is 0. The van der Waals surface area contributed by atoms with Crippen LogP contribution in [0.15, 0.2) is 0 Å².